The van der Waals surface area contributed by atoms with Gasteiger partial charge in [-0.3, -0.25) is 14.6 Å². The maximum absolute atomic E-state index is 14.8. The van der Waals surface area contributed by atoms with E-state index in [0.29, 0.717) is 103 Å². The molecule has 0 bridgehead atoms. The summed E-state index contributed by atoms with van der Waals surface area (Å²) in [5.41, 5.74) is 10.4. The van der Waals surface area contributed by atoms with Crippen LogP contribution in [-0.4, -0.2) is 284 Å². The van der Waals surface area contributed by atoms with Gasteiger partial charge in [0.25, 0.3) is 5.02 Å². The van der Waals surface area contributed by atoms with Crippen LogP contribution in [0.4, 0.5) is 64.3 Å². The minimum Gasteiger partial charge on any atom is -0.419 e. The molecule has 6 aliphatic heterocycles. The van der Waals surface area contributed by atoms with Crippen LogP contribution in [0.25, 0.3) is 22.3 Å². The molecule has 6 aliphatic rings. The molecule has 781 valence electrons. The number of aliphatic imine (C=N–C) groups is 3. The van der Waals surface area contributed by atoms with Crippen LogP contribution in [0.1, 0.15) is 107 Å². The molecule has 6 fully saturated rings. The number of hydrogen-bond donors (Lipinski definition) is 1. The average molecular weight is 2330 g/mol. The smallest absolute Gasteiger partial charge is 0.406 e. The molecule has 7 aromatic carbocycles. The molecule has 56 heteroatoms. The Balaban J connectivity index is 0.000000235. The zero-order valence-corrected chi connectivity index (χ0v) is 90.2. The summed E-state index contributed by atoms with van der Waals surface area (Å²) >= 11 is 29.3. The Labute approximate surface area is 901 Å². The molecular weight excluding hydrogens is 2220 g/mol. The number of alkyl halides is 3. The van der Waals surface area contributed by atoms with Gasteiger partial charge in [0.15, 0.2) is 0 Å². The number of nitrogens with zero attached hydrogens (tertiary/aromatic N) is 20. The third-order valence-electron chi connectivity index (χ3n) is 22.5. The molecule has 2 N–H and O–H groups in total. The van der Waals surface area contributed by atoms with Crippen molar-refractivity contribution in [2.24, 2.45) is 20.7 Å². The maximum atomic E-state index is 14.8. The number of anilines is 4. The number of carbonyl (C=O) groups is 6. The van der Waals surface area contributed by atoms with Crippen molar-refractivity contribution in [1.82, 2.24) is 65.5 Å². The molecule has 0 spiro atoms. The van der Waals surface area contributed by atoms with Crippen LogP contribution in [0, 0.1) is 26.8 Å². The van der Waals surface area contributed by atoms with E-state index < -0.39 is 94.2 Å². The summed E-state index contributed by atoms with van der Waals surface area (Å²) in [6.07, 6.45) is 4.03. The minimum absolute atomic E-state index is 0. The summed E-state index contributed by atoms with van der Waals surface area (Å²) in [4.78, 5) is 86.1. The van der Waals surface area contributed by atoms with E-state index in [2.05, 4.69) is 133 Å². The number of aromatic nitrogens is 12. The van der Waals surface area contributed by atoms with Crippen molar-refractivity contribution in [3.8, 4) is 22.3 Å². The van der Waals surface area contributed by atoms with Gasteiger partial charge in [0.1, 0.15) is 30.9 Å². The van der Waals surface area contributed by atoms with Crippen molar-refractivity contribution in [2.45, 2.75) is 174 Å². The number of rotatable bonds is 28. The summed E-state index contributed by atoms with van der Waals surface area (Å²) < 4.78 is 141. The summed E-state index contributed by atoms with van der Waals surface area (Å²) in [6.45, 7) is 31.6. The molecule has 0 aliphatic carbocycles. The van der Waals surface area contributed by atoms with E-state index >= 15 is 0 Å². The Morgan fingerprint density at radius 3 is 1.12 bits per heavy atom. The van der Waals surface area contributed by atoms with Gasteiger partial charge in [-0.2, -0.15) is 0 Å². The average Bonchev–Trinajstić information content (AvgIpc) is 1.61. The van der Waals surface area contributed by atoms with Gasteiger partial charge in [0.2, 0.25) is 5.24 Å². The fraction of sp³-hybridized carbons (Fsp3) is 0.407. The van der Waals surface area contributed by atoms with Crippen LogP contribution in [0.5, 0.6) is 0 Å². The monoisotopic (exact) mass is 2330 g/mol. The summed E-state index contributed by atoms with van der Waals surface area (Å²) in [5, 5.41) is 31.2. The minimum atomic E-state index is -1.16. The van der Waals surface area contributed by atoms with E-state index in [1.807, 2.05) is 151 Å². The molecule has 16 rings (SSSR count). The Hall–Kier alpha value is -10.9. The number of tetrazole rings is 3. The van der Waals surface area contributed by atoms with E-state index in [0.717, 1.165) is 46.0 Å². The standard InChI is InChI=1S/C19H16BFN6O3.C18H17FN6O2.C17H21B2FN2O5.C11H9BFIN2O3.C8H7BrN4.C8H19N.C6H12BO2.C2HCl3O2.C2H2Cl2O.ClH/c21-18-7-15(27-10-16(30-19(27)28)8-22-11-20-29)5-6-17(18)14-3-1-13(2-4-14)9-26-12-23-24-25-26;19-17-7-14(25-10-15(8-20)27-18(25)26)5-6-16(17)13-3-1-12(2-4-13)9-24-11-21-22-23-24;1-16(2)17(3,4)27-19(26-16)13-6-5-11(7-14(13)20)22-9-12(25-15(22)23)8-21-10-18-24;13-9-3-7(1-2-10(9)14)16-5-8(19-11(16)17)4-15-6-12-18;9-8-3-1-7(2-4-8)5-13-6-10-11-12-13;1-6-9(7(2)3)8(4)5;1-5(2)6(3,4)9-7-8-5;3-1(4)7-2(5)6;3-1-2(4)5;/h1-7,11-12,16H,8-10H2;1-7,11,15H,8-10,20H2;5-7,10,12H,8-9H2,1-4H3;1-3,6,8H,4-5H2;1-4,6H,5H2;7-8H,6H2,1-5H3;1-4H3;1H;1H2;1H/t16-;15-;12-;8-;;;;;;/m0000....../s1. The van der Waals surface area contributed by atoms with Gasteiger partial charge < -0.3 is 24.5 Å². The number of carbonyl (C=O) groups excluding carboxylic acids is 6. The molecule has 1 radical (unpaired) electrons. The Bertz CT molecular complexity index is 6000. The number of ether oxygens (including phenoxy) is 5. The van der Waals surface area contributed by atoms with Crippen LogP contribution in [0.2, 0.25) is 0 Å². The second-order valence-corrected chi connectivity index (χ2v) is 38.5. The molecule has 0 saturated carbocycles. The van der Waals surface area contributed by atoms with Crippen molar-refractivity contribution in [3.63, 3.8) is 0 Å². The van der Waals surface area contributed by atoms with E-state index in [-0.39, 0.29) is 92.7 Å². The zero-order chi connectivity index (χ0) is 107. The summed E-state index contributed by atoms with van der Waals surface area (Å²) in [6, 6.07) is 42.6. The second kappa shape index (κ2) is 60.1. The quantitative estimate of drug-likeness (QED) is 0.00905. The number of cyclic esters (lactones) is 4. The molecule has 9 heterocycles. The van der Waals surface area contributed by atoms with Crippen molar-refractivity contribution in [1.29, 1.82) is 0 Å². The first kappa shape index (κ1) is 123. The first-order valence-electron chi connectivity index (χ1n) is 44.8. The summed E-state index contributed by atoms with van der Waals surface area (Å²) in [7, 11) is 2.27. The van der Waals surface area contributed by atoms with E-state index in [1.54, 1.807) is 68.9 Å². The van der Waals surface area contributed by atoms with Crippen LogP contribution in [0.3, 0.4) is 0 Å². The van der Waals surface area contributed by atoms with Gasteiger partial charge in [-0.25, -0.2) is 28.0 Å². The normalized spacial score (nSPS) is 17.3. The largest absolute Gasteiger partial charge is 0.419 e. The molecule has 3 aromatic heterocycles. The first-order chi connectivity index (χ1) is 69.3. The first-order valence-corrected chi connectivity index (χ1v) is 48.9. The fourth-order valence-electron chi connectivity index (χ4n) is 13.7. The maximum Gasteiger partial charge on any atom is 0.406 e. The molecule has 6 saturated heterocycles. The van der Waals surface area contributed by atoms with Gasteiger partial charge in [0.05, 0.1) is 60.2 Å². The molecule has 39 nitrogen and oxygen atoms in total. The predicted octanol–water partition coefficient (Wildman–Crippen LogP) is 15.4. The fourth-order valence-corrected chi connectivity index (χ4v) is 14.7. The van der Waals surface area contributed by atoms with E-state index in [4.69, 9.17) is 89.7 Å². The second-order valence-electron chi connectivity index (χ2n) is 34.4. The third-order valence-corrected chi connectivity index (χ3v) is 24.7. The van der Waals surface area contributed by atoms with Crippen LogP contribution in [0.15, 0.2) is 184 Å². The number of amides is 4. The number of halogens is 12. The Morgan fingerprint density at radius 1 is 0.531 bits per heavy atom. The molecule has 0 unspecified atom stereocenters. The molecule has 4 amide bonds. The Morgan fingerprint density at radius 2 is 0.857 bits per heavy atom. The number of nitrogens with two attached hydrogens (primary N) is 1. The number of benzene rings is 7. The van der Waals surface area contributed by atoms with E-state index in [9.17, 15) is 60.4 Å². The van der Waals surface area contributed by atoms with Crippen LogP contribution in [-0.2, 0) is 80.8 Å². The molecule has 4 atom stereocenters. The van der Waals surface area contributed by atoms with Crippen molar-refractivity contribution < 1.29 is 103 Å². The van der Waals surface area contributed by atoms with Gasteiger partial charge in [-0.05, 0) is 185 Å². The summed E-state index contributed by atoms with van der Waals surface area (Å²) in [5.74, 6) is -1.86. The van der Waals surface area contributed by atoms with Crippen LogP contribution >= 0.6 is 109 Å². The molecule has 10 aromatic rings. The van der Waals surface area contributed by atoms with Crippen molar-refractivity contribution >= 4 is 227 Å². The van der Waals surface area contributed by atoms with Crippen LogP contribution < -0.4 is 30.8 Å². The topological polar surface area (TPSA) is 447 Å². The van der Waals surface area contributed by atoms with Crippen molar-refractivity contribution in [3.05, 3.63) is 213 Å². The Kier molecular flexibility index (Phi) is 50.3. The molecule has 147 heavy (non-hydrogen) atoms. The van der Waals surface area contributed by atoms with Gasteiger partial charge in [-0.1, -0.05) is 94.6 Å². The number of hydrogen-bond acceptors (Lipinski definition) is 32. The molecular formula is C91H105B5BrCl6F4IN21O18. The van der Waals surface area contributed by atoms with Crippen molar-refractivity contribution in [2.75, 3.05) is 84.4 Å². The van der Waals surface area contributed by atoms with Gasteiger partial charge in [0, 0.05) is 40.3 Å². The SMILES string of the molecule is Brc1ccc(Cn2cnnn2)cc1.CC1(C)OB(c2ccc(N3C[C@H](CN=CB=O)OC3=O)cc2F)OC1(C)C.CC1(C)O[B]OC1(C)C.CCN(C(C)C)C(C)C.Cl.NC[C@H]1CN(c2ccc(-c3ccc(Cn4cnnn4)cc3)c(F)c2)C(=O)O1.O=BC=NC[C@H]1CN(c2ccc(-c3ccc(Cn4cnnn4)cc3)c(F)c2)C(=O)O1.O=BC=NC[C@H]1CN(c2ccc(I)c(F)c2)C(=O)O1.O=C(Cl)CCl.O=C(Cl)OC(Cl)Cl. The van der Waals surface area contributed by atoms with Gasteiger partial charge >= 0.3 is 381 Å². The third kappa shape index (κ3) is 38.6. The zero-order valence-electron chi connectivity index (χ0n) is 81.9. The van der Waals surface area contributed by atoms with E-state index in [1.165, 1.54) is 69.8 Å². The predicted molar refractivity (Wildman–Crippen MR) is 564 cm³/mol. The van der Waals surface area contributed by atoms with Gasteiger partial charge in [-0.15, -0.1) is 39.3 Å².